The van der Waals surface area contributed by atoms with Crippen molar-refractivity contribution in [2.45, 2.75) is 64.1 Å². The van der Waals surface area contributed by atoms with Gasteiger partial charge in [-0.05, 0) is 74.8 Å². The van der Waals surface area contributed by atoms with E-state index in [1.807, 2.05) is 43.0 Å². The first kappa shape index (κ1) is 22.8. The lowest BCUT2D eigenvalue weighted by molar-refractivity contribution is -0.148. The number of fused-ring (bicyclic) bond motifs is 4. The molecule has 180 valence electrons. The topological polar surface area (TPSA) is 61.9 Å². The van der Waals surface area contributed by atoms with Crippen molar-refractivity contribution in [3.8, 4) is 5.75 Å². The van der Waals surface area contributed by atoms with Gasteiger partial charge in [-0.1, -0.05) is 36.4 Å². The van der Waals surface area contributed by atoms with Crippen molar-refractivity contribution in [3.05, 3.63) is 65.2 Å². The van der Waals surface area contributed by atoms with E-state index in [-0.39, 0.29) is 36.0 Å². The summed E-state index contributed by atoms with van der Waals surface area (Å²) < 4.78 is 5.90. The van der Waals surface area contributed by atoms with Crippen LogP contribution in [0.15, 0.2) is 48.5 Å². The highest BCUT2D eigenvalue weighted by atomic mass is 16.5. The Morgan fingerprint density at radius 1 is 1.15 bits per heavy atom. The second kappa shape index (κ2) is 9.69. The smallest absolute Gasteiger partial charge is 0.317 e. The fraction of sp³-hybridized carbons (Fsp3) is 0.500. The Hall–Kier alpha value is -3.02. The Morgan fingerprint density at radius 2 is 1.97 bits per heavy atom. The molecular formula is C28H35N3O3. The van der Waals surface area contributed by atoms with Crippen molar-refractivity contribution in [1.82, 2.24) is 15.1 Å². The van der Waals surface area contributed by atoms with Gasteiger partial charge in [0.1, 0.15) is 5.75 Å². The van der Waals surface area contributed by atoms with E-state index in [1.165, 1.54) is 16.7 Å². The van der Waals surface area contributed by atoms with Crippen LogP contribution in [0.4, 0.5) is 4.79 Å². The van der Waals surface area contributed by atoms with Crippen molar-refractivity contribution in [2.24, 2.45) is 5.92 Å². The summed E-state index contributed by atoms with van der Waals surface area (Å²) in [7, 11) is 0. The predicted octanol–water partition coefficient (Wildman–Crippen LogP) is 4.34. The number of piperidine rings is 2. The molecule has 3 heterocycles. The van der Waals surface area contributed by atoms with Crippen LogP contribution in [0.25, 0.3) is 0 Å². The van der Waals surface area contributed by atoms with Crippen LogP contribution >= 0.6 is 0 Å². The molecule has 3 aliphatic rings. The number of amides is 3. The molecule has 0 unspecified atom stereocenters. The third kappa shape index (κ3) is 4.50. The van der Waals surface area contributed by atoms with Crippen LogP contribution in [0.3, 0.4) is 0 Å². The lowest BCUT2D eigenvalue weighted by Gasteiger charge is -2.51. The van der Waals surface area contributed by atoms with Crippen LogP contribution < -0.4 is 10.1 Å². The lowest BCUT2D eigenvalue weighted by Crippen LogP contribution is -2.61. The van der Waals surface area contributed by atoms with Gasteiger partial charge in [0.05, 0.1) is 18.1 Å². The number of urea groups is 1. The molecule has 3 atom stereocenters. The van der Waals surface area contributed by atoms with Gasteiger partial charge in [-0.3, -0.25) is 4.79 Å². The second-order valence-corrected chi connectivity index (χ2v) is 10.0. The normalized spacial score (nSPS) is 23.7. The van der Waals surface area contributed by atoms with Gasteiger partial charge in [0.2, 0.25) is 5.91 Å². The highest BCUT2D eigenvalue weighted by Gasteiger charge is 2.48. The molecule has 0 spiro atoms. The molecule has 2 aromatic carbocycles. The Balaban J connectivity index is 1.31. The number of hydrogen-bond donors (Lipinski definition) is 1. The molecule has 3 amide bonds. The minimum atomic E-state index is -0.0880. The zero-order valence-corrected chi connectivity index (χ0v) is 20.2. The Kier molecular flexibility index (Phi) is 6.48. The molecule has 0 bridgehead atoms. The first-order valence-corrected chi connectivity index (χ1v) is 12.7. The van der Waals surface area contributed by atoms with Crippen molar-refractivity contribution in [1.29, 1.82) is 0 Å². The van der Waals surface area contributed by atoms with Gasteiger partial charge in [-0.15, -0.1) is 0 Å². The second-order valence-electron chi connectivity index (χ2n) is 10.0. The summed E-state index contributed by atoms with van der Waals surface area (Å²) in [6.07, 6.45) is 4.34. The molecule has 1 N–H and O–H groups in total. The van der Waals surface area contributed by atoms with E-state index in [2.05, 4.69) is 34.5 Å². The third-order valence-electron chi connectivity index (χ3n) is 7.48. The number of ether oxygens (including phenoxy) is 1. The molecule has 0 saturated carbocycles. The molecule has 2 fully saturated rings. The average molecular weight is 462 g/mol. The van der Waals surface area contributed by atoms with Crippen LogP contribution in [-0.4, -0.2) is 53.5 Å². The number of carbonyl (C=O) groups excluding carboxylic acids is 2. The molecule has 0 aromatic heterocycles. The maximum Gasteiger partial charge on any atom is 0.317 e. The van der Waals surface area contributed by atoms with Gasteiger partial charge >= 0.3 is 6.03 Å². The fourth-order valence-electron chi connectivity index (χ4n) is 5.94. The van der Waals surface area contributed by atoms with E-state index in [4.69, 9.17) is 4.74 Å². The van der Waals surface area contributed by atoms with E-state index >= 15 is 0 Å². The number of carbonyl (C=O) groups is 2. The van der Waals surface area contributed by atoms with Crippen LogP contribution in [0.2, 0.25) is 0 Å². The first-order valence-electron chi connectivity index (χ1n) is 12.7. The standard InChI is InChI=1S/C28H35N3O3/c1-19(2)34-22-10-11-23-21(17-22)13-16-30-25(23)18-26-24(27(30)32)9-6-15-31(26)28(33)29-14-12-20-7-4-3-5-8-20/h3-5,7-8,10-11,17,19,24-26H,6,9,12-16,18H2,1-2H3,(H,29,33)/t24-,25+,26-/m1/s1. The van der Waals surface area contributed by atoms with Crippen molar-refractivity contribution >= 4 is 11.9 Å². The summed E-state index contributed by atoms with van der Waals surface area (Å²) in [4.78, 5) is 30.7. The highest BCUT2D eigenvalue weighted by molar-refractivity contribution is 5.83. The number of rotatable bonds is 5. The molecule has 6 heteroatoms. The molecule has 2 aromatic rings. The molecule has 6 nitrogen and oxygen atoms in total. The Morgan fingerprint density at radius 3 is 2.76 bits per heavy atom. The minimum absolute atomic E-state index is 0.0309. The fourth-order valence-corrected chi connectivity index (χ4v) is 5.94. The van der Waals surface area contributed by atoms with Gasteiger partial charge in [0, 0.05) is 25.7 Å². The predicted molar refractivity (Wildman–Crippen MR) is 132 cm³/mol. The maximum atomic E-state index is 13.5. The van der Waals surface area contributed by atoms with Gasteiger partial charge in [-0.2, -0.15) is 0 Å². The molecular weight excluding hydrogens is 426 g/mol. The number of hydrogen-bond acceptors (Lipinski definition) is 3. The molecule has 5 rings (SSSR count). The molecule has 0 radical (unpaired) electrons. The van der Waals surface area contributed by atoms with Gasteiger partial charge in [0.25, 0.3) is 0 Å². The summed E-state index contributed by atoms with van der Waals surface area (Å²) in [5, 5.41) is 3.11. The average Bonchev–Trinajstić information content (AvgIpc) is 2.84. The first-order chi connectivity index (χ1) is 16.5. The summed E-state index contributed by atoms with van der Waals surface area (Å²) in [6.45, 7) is 6.12. The lowest BCUT2D eigenvalue weighted by atomic mass is 9.76. The number of likely N-dealkylation sites (tertiary alicyclic amines) is 1. The number of nitrogens with one attached hydrogen (secondary N) is 1. The summed E-state index contributed by atoms with van der Waals surface area (Å²) in [6, 6.07) is 16.4. The number of nitrogens with zero attached hydrogens (tertiary/aromatic N) is 2. The number of benzene rings is 2. The molecule has 2 saturated heterocycles. The third-order valence-corrected chi connectivity index (χ3v) is 7.48. The summed E-state index contributed by atoms with van der Waals surface area (Å²) in [5.74, 6) is 1.02. The van der Waals surface area contributed by atoms with Crippen LogP contribution in [0, 0.1) is 5.92 Å². The van der Waals surface area contributed by atoms with E-state index in [1.54, 1.807) is 0 Å². The quantitative estimate of drug-likeness (QED) is 0.721. The van der Waals surface area contributed by atoms with Gasteiger partial charge in [0.15, 0.2) is 0 Å². The zero-order valence-electron chi connectivity index (χ0n) is 20.2. The van der Waals surface area contributed by atoms with E-state index < -0.39 is 0 Å². The molecule has 3 aliphatic heterocycles. The van der Waals surface area contributed by atoms with Gasteiger partial charge in [-0.25, -0.2) is 4.79 Å². The van der Waals surface area contributed by atoms with E-state index in [0.717, 1.165) is 44.4 Å². The summed E-state index contributed by atoms with van der Waals surface area (Å²) >= 11 is 0. The van der Waals surface area contributed by atoms with Crippen LogP contribution in [0.1, 0.15) is 55.8 Å². The minimum Gasteiger partial charge on any atom is -0.491 e. The van der Waals surface area contributed by atoms with Crippen LogP contribution in [0.5, 0.6) is 5.75 Å². The summed E-state index contributed by atoms with van der Waals surface area (Å²) in [5.41, 5.74) is 3.69. The van der Waals surface area contributed by atoms with Crippen molar-refractivity contribution < 1.29 is 14.3 Å². The maximum absolute atomic E-state index is 13.5. The van der Waals surface area contributed by atoms with E-state index in [9.17, 15) is 9.59 Å². The Labute approximate surface area is 202 Å². The zero-order chi connectivity index (χ0) is 23.7. The highest BCUT2D eigenvalue weighted by Crippen LogP contribution is 2.44. The Bertz CT molecular complexity index is 1040. The van der Waals surface area contributed by atoms with Crippen molar-refractivity contribution in [3.63, 3.8) is 0 Å². The van der Waals surface area contributed by atoms with Crippen molar-refractivity contribution in [2.75, 3.05) is 19.6 Å². The van der Waals surface area contributed by atoms with E-state index in [0.29, 0.717) is 13.1 Å². The van der Waals surface area contributed by atoms with Gasteiger partial charge < -0.3 is 19.9 Å². The SMILES string of the molecule is CC(C)Oc1ccc2c(c1)CCN1C(=O)[C@@H]3CCCN(C(=O)NCCc4ccccc4)[C@@H]3C[C@@H]21. The molecule has 0 aliphatic carbocycles. The largest absolute Gasteiger partial charge is 0.491 e. The van der Waals surface area contributed by atoms with Crippen LogP contribution in [-0.2, 0) is 17.6 Å². The molecule has 34 heavy (non-hydrogen) atoms. The monoisotopic (exact) mass is 461 g/mol.